The van der Waals surface area contributed by atoms with E-state index in [1.54, 1.807) is 25.3 Å². The second-order valence-corrected chi connectivity index (χ2v) is 51.1. The predicted molar refractivity (Wildman–Crippen MR) is 533 cm³/mol. The zero-order chi connectivity index (χ0) is 94.5. The third kappa shape index (κ3) is 16.8. The van der Waals surface area contributed by atoms with E-state index in [1.807, 2.05) is 77.5 Å². The van der Waals surface area contributed by atoms with Crippen LogP contribution in [0.1, 0.15) is 347 Å². The monoisotopic (exact) mass is 1830 g/mol. The molecule has 0 amide bonds. The molecule has 22 rings (SSSR count). The van der Waals surface area contributed by atoms with E-state index in [0.29, 0.717) is 99.2 Å². The number of rotatable bonds is 14. The molecule has 0 unspecified atom stereocenters. The first kappa shape index (κ1) is 96.6. The number of methoxy groups -OCH3 is 3. The number of hydrogen-bond acceptors (Lipinski definition) is 11. The van der Waals surface area contributed by atoms with Crippen LogP contribution in [0.2, 0.25) is 0 Å². The zero-order valence-electron chi connectivity index (χ0n) is 84.2. The minimum absolute atomic E-state index is 0.0144. The van der Waals surface area contributed by atoms with Crippen LogP contribution in [0, 0.1) is 174 Å². The fourth-order valence-electron chi connectivity index (χ4n) is 37.4. The first-order valence-electron chi connectivity index (χ1n) is 53.9. The molecule has 0 radical (unpaired) electrons. The summed E-state index contributed by atoms with van der Waals surface area (Å²) in [6.45, 7) is 26.6. The summed E-state index contributed by atoms with van der Waals surface area (Å²) in [6, 6.07) is 45.7. The SMILES string of the molecule is COC[C@]12CC[C@@](C)(O)C[C@@H]1CC[C@H]1[C@@H]3CC[C@H](C(=O)c4ccc(C)cc4)[C@@]3(C)CC[C@@H]12.COC[C@]12CC[C@@](C)(O)C[C@@H]1CC[C@H]1[C@@H]3CC[C@H](C(=O)c4ccccc4F)[C@@]3(C)CC[C@@H]12.COc1ccc2cc(C(=O)[C@H]3CC[C@H]4[C@@H]5CC[C@H]6C[C@](C)(O)CC[C@]6(C)[C@H]5CC[C@]34C)ccc2c1.C[C@@]1(O)CC[C@@]2(C)[C@@H](CC[C@@H]3[C@@H]2CC[C@]2(C)[C@@H](C(=O)c4ccccc4-c4ccccc4)CC[C@@H]32)C1. The molecular formula is C122H165FO11. The lowest BCUT2D eigenvalue weighted by Crippen LogP contribution is -2.58. The van der Waals surface area contributed by atoms with Gasteiger partial charge in [0.1, 0.15) is 11.6 Å². The molecule has 6 aromatic rings. The largest absolute Gasteiger partial charge is 0.497 e. The highest BCUT2D eigenvalue weighted by Crippen LogP contribution is 2.74. The Morgan fingerprint density at radius 1 is 0.321 bits per heavy atom. The van der Waals surface area contributed by atoms with Gasteiger partial charge in [0.15, 0.2) is 23.1 Å². The lowest BCUT2D eigenvalue weighted by molar-refractivity contribution is -0.173. The van der Waals surface area contributed by atoms with Crippen molar-refractivity contribution in [2.75, 3.05) is 34.5 Å². The van der Waals surface area contributed by atoms with Gasteiger partial charge in [0.2, 0.25) is 0 Å². The van der Waals surface area contributed by atoms with Crippen molar-refractivity contribution in [2.45, 2.75) is 330 Å². The summed E-state index contributed by atoms with van der Waals surface area (Å²) in [6.07, 6.45) is 39.9. The molecule has 134 heavy (non-hydrogen) atoms. The van der Waals surface area contributed by atoms with Crippen molar-refractivity contribution in [2.24, 2.45) is 162 Å². The maximum atomic E-state index is 14.4. The number of carbonyl (C=O) groups is 4. The summed E-state index contributed by atoms with van der Waals surface area (Å²) < 4.78 is 31.5. The minimum Gasteiger partial charge on any atom is -0.497 e. The van der Waals surface area contributed by atoms with Crippen molar-refractivity contribution < 1.29 is 58.2 Å². The molecule has 6 aromatic carbocycles. The minimum atomic E-state index is -0.553. The maximum absolute atomic E-state index is 14.4. The summed E-state index contributed by atoms with van der Waals surface area (Å²) in [7, 11) is 5.38. The van der Waals surface area contributed by atoms with Crippen molar-refractivity contribution >= 4 is 33.9 Å². The molecule has 0 heterocycles. The molecule has 16 aliphatic carbocycles. The van der Waals surface area contributed by atoms with Gasteiger partial charge in [-0.1, -0.05) is 156 Å². The van der Waals surface area contributed by atoms with Crippen LogP contribution in [0.3, 0.4) is 0 Å². The van der Waals surface area contributed by atoms with Gasteiger partial charge in [-0.3, -0.25) is 19.2 Å². The van der Waals surface area contributed by atoms with Crippen molar-refractivity contribution in [3.8, 4) is 16.9 Å². The second kappa shape index (κ2) is 36.4. The Hall–Kier alpha value is -6.25. The van der Waals surface area contributed by atoms with E-state index < -0.39 is 22.4 Å². The van der Waals surface area contributed by atoms with E-state index in [2.05, 4.69) is 128 Å². The first-order chi connectivity index (χ1) is 63.8. The van der Waals surface area contributed by atoms with Crippen molar-refractivity contribution in [3.05, 3.63) is 173 Å². The summed E-state index contributed by atoms with van der Waals surface area (Å²) in [5, 5.41) is 45.4. The van der Waals surface area contributed by atoms with Crippen LogP contribution in [0.15, 0.2) is 140 Å². The van der Waals surface area contributed by atoms with Gasteiger partial charge >= 0.3 is 0 Å². The number of fused-ring (bicyclic) bond motifs is 21. The molecule has 16 fully saturated rings. The van der Waals surface area contributed by atoms with Crippen LogP contribution in [0.4, 0.5) is 4.39 Å². The number of aliphatic hydroxyl groups is 4. The molecule has 0 saturated heterocycles. The van der Waals surface area contributed by atoms with Gasteiger partial charge in [0, 0.05) is 54.6 Å². The molecular weight excluding hydrogens is 1660 g/mol. The fourth-order valence-corrected chi connectivity index (χ4v) is 37.4. The molecule has 16 saturated carbocycles. The number of carbonyl (C=O) groups excluding carboxylic acids is 4. The molecule has 32 atom stereocenters. The van der Waals surface area contributed by atoms with E-state index in [-0.39, 0.29) is 73.3 Å². The highest BCUT2D eigenvalue weighted by Gasteiger charge is 2.69. The fraction of sp³-hybridized carbons (Fsp3) is 0.689. The molecule has 0 bridgehead atoms. The summed E-state index contributed by atoms with van der Waals surface area (Å²) >= 11 is 0. The Balaban J connectivity index is 0.000000115. The molecule has 12 heteroatoms. The van der Waals surface area contributed by atoms with E-state index in [9.17, 15) is 44.0 Å². The van der Waals surface area contributed by atoms with E-state index in [1.165, 1.54) is 121 Å². The standard InChI is InChI=1S/C33H42O2.C32H42O3.C29H42O3.C28H39FO3/c1-31(35)19-20-32(2)23(21-31)13-14-26-27-15-16-29(33(27,3)18-17-28(26)32)30(34)25-12-8-7-11-24(25)22-9-5-4-6-10-22;1-30(34)15-16-31(2)23(19-30)8-10-25-26-11-12-28(32(26,3)14-13-27(25)31)29(33)22-6-5-21-18-24(35-4)9-7-20(21)17-22;1-19-5-7-20(8-6-19)26(30)25-12-11-23-22-10-9-21-17-27(2,31)15-16-29(21,18-32-4)24(22)13-14-28(23,25)3;1-26(31)14-15-28(17-32-3)18(16-26)8-9-19-21-10-11-23(27(21,2)13-12-22(19)28)25(30)20-6-4-5-7-24(20)29/h4-12,23,26-29,35H,13-21H2,1-3H3;5-7,9,17-18,23,25-28,34H,8,10-16,19H2,1-4H3;5-8,21-25,31H,9-18H2,1-4H3;4-7,18-19,21-23,31H,8-17H2,1-3H3/t23-,26-,27-,28-,29+,31+,32-,33-;23-,25-,26-,27-,28+,30+,31-,32-;21-,22-,23-,24-,25+,27+,28-,29+;18-,19-,21-,22-,23+,26+,27-,28+/m0000/s1. The molecule has 4 N–H and O–H groups in total. The lowest BCUT2D eigenvalue weighted by atomic mass is 9.43. The number of aryl methyl sites for hydroxylation is 1. The highest BCUT2D eigenvalue weighted by molar-refractivity contribution is 6.05. The Morgan fingerprint density at radius 3 is 1.12 bits per heavy atom. The molecule has 726 valence electrons. The topological polar surface area (TPSA) is 177 Å². The van der Waals surface area contributed by atoms with Crippen LogP contribution in [-0.4, -0.2) is 101 Å². The average molecular weight is 1830 g/mol. The van der Waals surface area contributed by atoms with Gasteiger partial charge in [-0.2, -0.15) is 0 Å². The van der Waals surface area contributed by atoms with Gasteiger partial charge in [-0.15, -0.1) is 0 Å². The molecule has 0 aromatic heterocycles. The van der Waals surface area contributed by atoms with Gasteiger partial charge in [-0.25, -0.2) is 4.39 Å². The van der Waals surface area contributed by atoms with Crippen LogP contribution < -0.4 is 4.74 Å². The van der Waals surface area contributed by atoms with Crippen molar-refractivity contribution in [3.63, 3.8) is 0 Å². The molecule has 0 spiro atoms. The molecule has 11 nitrogen and oxygen atoms in total. The van der Waals surface area contributed by atoms with Crippen LogP contribution in [0.25, 0.3) is 21.9 Å². The second-order valence-electron chi connectivity index (χ2n) is 51.1. The average Bonchev–Trinajstić information content (AvgIpc) is 1.43. The van der Waals surface area contributed by atoms with Gasteiger partial charge < -0.3 is 34.6 Å². The molecule has 16 aliphatic rings. The van der Waals surface area contributed by atoms with E-state index in [4.69, 9.17) is 14.2 Å². The maximum Gasteiger partial charge on any atom is 0.169 e. The predicted octanol–water partition coefficient (Wildman–Crippen LogP) is 27.6. The number of halogens is 1. The summed E-state index contributed by atoms with van der Waals surface area (Å²) in [4.78, 5) is 55.2. The number of ketones is 4. The summed E-state index contributed by atoms with van der Waals surface area (Å²) in [5.41, 5.74) is 5.83. The van der Waals surface area contributed by atoms with Crippen LogP contribution >= 0.6 is 0 Å². The Bertz CT molecular complexity index is 5280. The van der Waals surface area contributed by atoms with Crippen LogP contribution in [0.5, 0.6) is 5.75 Å². The third-order valence-corrected chi connectivity index (χ3v) is 44.4. The first-order valence-corrected chi connectivity index (χ1v) is 53.9. The highest BCUT2D eigenvalue weighted by atomic mass is 19.1. The molecule has 0 aliphatic heterocycles. The van der Waals surface area contributed by atoms with E-state index >= 15 is 0 Å². The number of Topliss-reactive ketones (excluding diaryl/α,β-unsaturated/α-hetero) is 4. The quantitative estimate of drug-likeness (QED) is 0.0763. The van der Waals surface area contributed by atoms with Crippen molar-refractivity contribution in [1.82, 2.24) is 0 Å². The van der Waals surface area contributed by atoms with Crippen molar-refractivity contribution in [1.29, 1.82) is 0 Å². The van der Waals surface area contributed by atoms with Crippen LogP contribution in [-0.2, 0) is 9.47 Å². The summed E-state index contributed by atoms with van der Waals surface area (Å²) in [5.74, 6) is 12.5. The zero-order valence-corrected chi connectivity index (χ0v) is 84.2. The Kier molecular flexibility index (Phi) is 26.2. The normalized spacial score (nSPS) is 44.1. The smallest absolute Gasteiger partial charge is 0.169 e. The van der Waals surface area contributed by atoms with Gasteiger partial charge in [0.25, 0.3) is 0 Å². The number of benzene rings is 6. The Labute approximate surface area is 803 Å². The van der Waals surface area contributed by atoms with Gasteiger partial charge in [-0.05, 0) is 456 Å². The van der Waals surface area contributed by atoms with Gasteiger partial charge in [0.05, 0.1) is 48.3 Å². The third-order valence-electron chi connectivity index (χ3n) is 44.4. The van der Waals surface area contributed by atoms with E-state index in [0.717, 1.165) is 203 Å². The lowest BCUT2D eigenvalue weighted by Gasteiger charge is -2.62. The number of ether oxygens (including phenoxy) is 3. The Morgan fingerprint density at radius 2 is 0.672 bits per heavy atom. The number of hydrogen-bond donors (Lipinski definition) is 4.